The summed E-state index contributed by atoms with van der Waals surface area (Å²) in [5.41, 5.74) is 3.80. The van der Waals surface area contributed by atoms with Gasteiger partial charge in [-0.3, -0.25) is 0 Å². The Bertz CT molecular complexity index is 626. The van der Waals surface area contributed by atoms with E-state index in [0.29, 0.717) is 0 Å². The monoisotopic (exact) mass is 415 g/mol. The number of halogens is 2. The van der Waals surface area contributed by atoms with Crippen molar-refractivity contribution in [1.29, 1.82) is 0 Å². The molecule has 1 aromatic heterocycles. The predicted octanol–water partition coefficient (Wildman–Crippen LogP) is 4.91. The third-order valence-electron chi connectivity index (χ3n) is 3.42. The number of nitrogens with one attached hydrogen (secondary N) is 1. The largest absolute Gasteiger partial charge is 0.493 e. The molecule has 0 radical (unpaired) electrons. The van der Waals surface area contributed by atoms with Gasteiger partial charge in [0.2, 0.25) is 0 Å². The van der Waals surface area contributed by atoms with Gasteiger partial charge < -0.3 is 10.1 Å². The van der Waals surface area contributed by atoms with Crippen molar-refractivity contribution in [3.63, 3.8) is 0 Å². The lowest BCUT2D eigenvalue weighted by Crippen LogP contribution is -2.22. The fourth-order valence-electron chi connectivity index (χ4n) is 2.60. The van der Waals surface area contributed by atoms with E-state index < -0.39 is 0 Å². The van der Waals surface area contributed by atoms with Crippen molar-refractivity contribution in [3.05, 3.63) is 48.5 Å². The Morgan fingerprint density at radius 2 is 2.20 bits per heavy atom. The van der Waals surface area contributed by atoms with Gasteiger partial charge in [0.1, 0.15) is 5.75 Å². The Labute approximate surface area is 139 Å². The fourth-order valence-corrected chi connectivity index (χ4v) is 4.32. The normalized spacial score (nSPS) is 14.9. The number of benzene rings is 1. The number of hydrogen-bond acceptors (Lipinski definition) is 3. The molecule has 1 atom stereocenters. The zero-order valence-electron chi connectivity index (χ0n) is 11.1. The molecule has 1 aliphatic heterocycles. The Kier molecular flexibility index (Phi) is 4.50. The molecule has 3 rings (SSSR count). The van der Waals surface area contributed by atoms with Crippen molar-refractivity contribution in [3.8, 4) is 5.75 Å². The summed E-state index contributed by atoms with van der Waals surface area (Å²) in [4.78, 5) is 0. The first kappa shape index (κ1) is 14.6. The first-order valence-corrected chi connectivity index (χ1v) is 9.08. The SMILES string of the molecule is CCNC(c1csc(Br)c1)c1cc(Br)cc2c1OCC2. The molecule has 2 aromatic rings. The number of fused-ring (bicyclic) bond motifs is 1. The van der Waals surface area contributed by atoms with Gasteiger partial charge >= 0.3 is 0 Å². The van der Waals surface area contributed by atoms with Crippen molar-refractivity contribution in [1.82, 2.24) is 5.32 Å². The van der Waals surface area contributed by atoms with Crippen LogP contribution < -0.4 is 10.1 Å². The second-order valence-corrected chi connectivity index (χ2v) is 7.96. The molecule has 0 bridgehead atoms. The Balaban J connectivity index is 2.08. The highest BCUT2D eigenvalue weighted by atomic mass is 79.9. The molecule has 0 saturated heterocycles. The topological polar surface area (TPSA) is 21.3 Å². The van der Waals surface area contributed by atoms with Gasteiger partial charge in [-0.25, -0.2) is 0 Å². The van der Waals surface area contributed by atoms with Gasteiger partial charge in [0.05, 0.1) is 16.4 Å². The Morgan fingerprint density at radius 1 is 1.35 bits per heavy atom. The summed E-state index contributed by atoms with van der Waals surface area (Å²) >= 11 is 8.89. The van der Waals surface area contributed by atoms with Gasteiger partial charge in [0, 0.05) is 16.5 Å². The smallest absolute Gasteiger partial charge is 0.127 e. The maximum absolute atomic E-state index is 5.87. The van der Waals surface area contributed by atoms with E-state index in [1.54, 1.807) is 11.3 Å². The number of thiophene rings is 1. The van der Waals surface area contributed by atoms with Crippen LogP contribution in [0.15, 0.2) is 31.8 Å². The van der Waals surface area contributed by atoms with E-state index in [2.05, 4.69) is 67.7 Å². The molecule has 1 unspecified atom stereocenters. The van der Waals surface area contributed by atoms with Gasteiger partial charge in [-0.2, -0.15) is 0 Å². The van der Waals surface area contributed by atoms with Crippen molar-refractivity contribution in [2.45, 2.75) is 19.4 Å². The van der Waals surface area contributed by atoms with E-state index in [4.69, 9.17) is 4.74 Å². The van der Waals surface area contributed by atoms with E-state index >= 15 is 0 Å². The van der Waals surface area contributed by atoms with Crippen LogP contribution in [0.1, 0.15) is 29.7 Å². The summed E-state index contributed by atoms with van der Waals surface area (Å²) < 4.78 is 8.15. The molecule has 0 fully saturated rings. The lowest BCUT2D eigenvalue weighted by Gasteiger charge is -2.20. The predicted molar refractivity (Wildman–Crippen MR) is 90.9 cm³/mol. The van der Waals surface area contributed by atoms with Crippen molar-refractivity contribution in [2.75, 3.05) is 13.2 Å². The van der Waals surface area contributed by atoms with Crippen LogP contribution in [0.5, 0.6) is 5.75 Å². The average molecular weight is 417 g/mol. The molecule has 106 valence electrons. The molecule has 2 nitrogen and oxygen atoms in total. The van der Waals surface area contributed by atoms with Crippen molar-refractivity contribution < 1.29 is 4.74 Å². The molecule has 0 aliphatic carbocycles. The quantitative estimate of drug-likeness (QED) is 0.764. The lowest BCUT2D eigenvalue weighted by atomic mass is 9.97. The maximum Gasteiger partial charge on any atom is 0.127 e. The molecular weight excluding hydrogens is 402 g/mol. The van der Waals surface area contributed by atoms with Crippen molar-refractivity contribution >= 4 is 43.2 Å². The highest BCUT2D eigenvalue weighted by Gasteiger charge is 2.24. The van der Waals surface area contributed by atoms with Crippen molar-refractivity contribution in [2.24, 2.45) is 0 Å². The van der Waals surface area contributed by atoms with Crippen LogP contribution in [0.3, 0.4) is 0 Å². The van der Waals surface area contributed by atoms with Crippen LogP contribution in [0.25, 0.3) is 0 Å². The van der Waals surface area contributed by atoms with Gasteiger partial charge in [0.25, 0.3) is 0 Å². The summed E-state index contributed by atoms with van der Waals surface area (Å²) in [6.45, 7) is 3.83. The zero-order valence-corrected chi connectivity index (χ0v) is 15.1. The van der Waals surface area contributed by atoms with Crippen LogP contribution in [0.4, 0.5) is 0 Å². The minimum Gasteiger partial charge on any atom is -0.493 e. The van der Waals surface area contributed by atoms with E-state index in [1.807, 2.05) is 0 Å². The van der Waals surface area contributed by atoms with E-state index in [9.17, 15) is 0 Å². The molecule has 1 N–H and O–H groups in total. The minimum atomic E-state index is 0.173. The molecule has 5 heteroatoms. The van der Waals surface area contributed by atoms with Gasteiger partial charge in [-0.15, -0.1) is 11.3 Å². The van der Waals surface area contributed by atoms with Gasteiger partial charge in [-0.1, -0.05) is 22.9 Å². The number of ether oxygens (including phenoxy) is 1. The molecule has 0 amide bonds. The van der Waals surface area contributed by atoms with Gasteiger partial charge in [0.15, 0.2) is 0 Å². The second kappa shape index (κ2) is 6.18. The lowest BCUT2D eigenvalue weighted by molar-refractivity contribution is 0.350. The van der Waals surface area contributed by atoms with Crippen LogP contribution in [-0.4, -0.2) is 13.2 Å². The summed E-state index contributed by atoms with van der Waals surface area (Å²) in [6, 6.07) is 6.69. The molecule has 20 heavy (non-hydrogen) atoms. The zero-order chi connectivity index (χ0) is 14.1. The first-order chi connectivity index (χ1) is 9.69. The third kappa shape index (κ3) is 2.82. The summed E-state index contributed by atoms with van der Waals surface area (Å²) in [5, 5.41) is 5.76. The van der Waals surface area contributed by atoms with Crippen LogP contribution in [0, 0.1) is 0 Å². The standard InChI is InChI=1S/C15H15Br2NOS/c1-2-18-14(10-6-13(17)20-8-10)12-7-11(16)5-9-3-4-19-15(9)12/h5-8,14,18H,2-4H2,1H3. The molecule has 1 aromatic carbocycles. The molecular formula is C15H15Br2NOS. The number of hydrogen-bond donors (Lipinski definition) is 1. The fraction of sp³-hybridized carbons (Fsp3) is 0.333. The minimum absolute atomic E-state index is 0.173. The first-order valence-electron chi connectivity index (χ1n) is 6.61. The Hall–Kier alpha value is -0.360. The summed E-state index contributed by atoms with van der Waals surface area (Å²) in [6.07, 6.45) is 0.994. The summed E-state index contributed by atoms with van der Waals surface area (Å²) in [5.74, 6) is 1.06. The highest BCUT2D eigenvalue weighted by Crippen LogP contribution is 2.40. The highest BCUT2D eigenvalue weighted by molar-refractivity contribution is 9.11. The number of rotatable bonds is 4. The Morgan fingerprint density at radius 3 is 2.90 bits per heavy atom. The van der Waals surface area contributed by atoms with E-state index in [-0.39, 0.29) is 6.04 Å². The van der Waals surface area contributed by atoms with Gasteiger partial charge in [-0.05, 0) is 57.2 Å². The summed E-state index contributed by atoms with van der Waals surface area (Å²) in [7, 11) is 0. The second-order valence-electron chi connectivity index (χ2n) is 4.76. The molecule has 0 saturated carbocycles. The molecule has 1 aliphatic rings. The maximum atomic E-state index is 5.87. The van der Waals surface area contributed by atoms with E-state index in [1.165, 1.54) is 16.7 Å². The van der Waals surface area contributed by atoms with E-state index in [0.717, 1.165) is 33.6 Å². The van der Waals surface area contributed by atoms with Crippen LogP contribution in [-0.2, 0) is 6.42 Å². The molecule has 0 spiro atoms. The average Bonchev–Trinajstić information content (AvgIpc) is 3.03. The molecule has 2 heterocycles. The third-order valence-corrected chi connectivity index (χ3v) is 5.40. The van der Waals surface area contributed by atoms with Crippen LogP contribution >= 0.6 is 43.2 Å². The van der Waals surface area contributed by atoms with Crippen LogP contribution in [0.2, 0.25) is 0 Å².